The van der Waals surface area contributed by atoms with E-state index in [1.165, 1.54) is 0 Å². The molecular formula is C15H23N3O2. The van der Waals surface area contributed by atoms with Crippen LogP contribution in [0.2, 0.25) is 0 Å². The van der Waals surface area contributed by atoms with Crippen molar-refractivity contribution >= 4 is 17.3 Å². The second kappa shape index (κ2) is 6.61. The van der Waals surface area contributed by atoms with Crippen LogP contribution in [0.1, 0.15) is 30.1 Å². The van der Waals surface area contributed by atoms with Crippen molar-refractivity contribution in [1.29, 1.82) is 0 Å². The summed E-state index contributed by atoms with van der Waals surface area (Å²) in [6, 6.07) is 5.47. The highest BCUT2D eigenvalue weighted by atomic mass is 16.5. The number of hydrogen-bond donors (Lipinski definition) is 2. The highest BCUT2D eigenvalue weighted by Gasteiger charge is 2.21. The molecule has 5 nitrogen and oxygen atoms in total. The molecule has 1 heterocycles. The molecule has 2 rings (SSSR count). The Hall–Kier alpha value is -1.75. The van der Waals surface area contributed by atoms with Crippen molar-refractivity contribution in [3.05, 3.63) is 23.8 Å². The van der Waals surface area contributed by atoms with Gasteiger partial charge in [0.25, 0.3) is 5.91 Å². The van der Waals surface area contributed by atoms with Gasteiger partial charge in [-0.25, -0.2) is 0 Å². The zero-order chi connectivity index (χ0) is 14.5. The minimum Gasteiger partial charge on any atom is -0.397 e. The molecule has 1 saturated heterocycles. The Morgan fingerprint density at radius 2 is 2.35 bits per heavy atom. The van der Waals surface area contributed by atoms with Gasteiger partial charge in [0.2, 0.25) is 0 Å². The van der Waals surface area contributed by atoms with Crippen LogP contribution in [0.15, 0.2) is 18.2 Å². The van der Waals surface area contributed by atoms with Crippen LogP contribution in [0, 0.1) is 0 Å². The van der Waals surface area contributed by atoms with Crippen molar-refractivity contribution in [2.75, 3.05) is 37.4 Å². The third-order valence-electron chi connectivity index (χ3n) is 3.64. The van der Waals surface area contributed by atoms with Gasteiger partial charge >= 0.3 is 0 Å². The maximum Gasteiger partial charge on any atom is 0.251 e. The topological polar surface area (TPSA) is 67.6 Å². The van der Waals surface area contributed by atoms with Gasteiger partial charge in [-0.1, -0.05) is 0 Å². The summed E-state index contributed by atoms with van der Waals surface area (Å²) in [7, 11) is 1.61. The Balaban J connectivity index is 2.14. The van der Waals surface area contributed by atoms with Crippen LogP contribution in [0.3, 0.4) is 0 Å². The second-order valence-electron chi connectivity index (χ2n) is 5.02. The van der Waals surface area contributed by atoms with Crippen LogP contribution in [0.25, 0.3) is 0 Å². The lowest BCUT2D eigenvalue weighted by molar-refractivity contribution is 0.0527. The predicted octanol–water partition coefficient (Wildman–Crippen LogP) is 1.63. The molecule has 110 valence electrons. The predicted molar refractivity (Wildman–Crippen MR) is 81.1 cm³/mol. The first-order valence-electron chi connectivity index (χ1n) is 7.13. The molecule has 0 saturated carbocycles. The zero-order valence-corrected chi connectivity index (χ0v) is 12.2. The summed E-state index contributed by atoms with van der Waals surface area (Å²) in [6.45, 7) is 4.60. The average molecular weight is 277 g/mol. The summed E-state index contributed by atoms with van der Waals surface area (Å²) in [5.74, 6) is -0.117. The fourth-order valence-corrected chi connectivity index (χ4v) is 2.66. The van der Waals surface area contributed by atoms with Gasteiger partial charge in [0.15, 0.2) is 0 Å². The van der Waals surface area contributed by atoms with E-state index in [0.29, 0.717) is 11.3 Å². The van der Waals surface area contributed by atoms with E-state index in [4.69, 9.17) is 10.5 Å². The van der Waals surface area contributed by atoms with Crippen LogP contribution >= 0.6 is 0 Å². The molecule has 1 aliphatic heterocycles. The molecule has 0 bridgehead atoms. The molecule has 0 spiro atoms. The SMILES string of the molecule is CCOC1CCCN(c2ccc(C(=O)NC)cc2N)C1. The standard InChI is InChI=1S/C15H23N3O2/c1-3-20-12-5-4-8-18(10-12)14-7-6-11(9-13(14)16)15(19)17-2/h6-7,9,12H,3-5,8,10,16H2,1-2H3,(H,17,19). The first-order chi connectivity index (χ1) is 9.65. The first-order valence-corrected chi connectivity index (χ1v) is 7.13. The number of carbonyl (C=O) groups is 1. The number of anilines is 2. The van der Waals surface area contributed by atoms with E-state index in [0.717, 1.165) is 38.2 Å². The van der Waals surface area contributed by atoms with Gasteiger partial charge in [0.1, 0.15) is 0 Å². The van der Waals surface area contributed by atoms with Crippen LogP contribution in [-0.4, -0.2) is 38.8 Å². The summed E-state index contributed by atoms with van der Waals surface area (Å²) in [6.07, 6.45) is 2.47. The molecule has 1 atom stereocenters. The first kappa shape index (κ1) is 14.7. The average Bonchev–Trinajstić information content (AvgIpc) is 2.47. The van der Waals surface area contributed by atoms with E-state index < -0.39 is 0 Å². The van der Waals surface area contributed by atoms with E-state index in [1.54, 1.807) is 13.1 Å². The van der Waals surface area contributed by atoms with Crippen LogP contribution in [0.4, 0.5) is 11.4 Å². The zero-order valence-electron chi connectivity index (χ0n) is 12.2. The molecule has 1 aliphatic rings. The number of benzene rings is 1. The summed E-state index contributed by atoms with van der Waals surface area (Å²) in [5.41, 5.74) is 8.32. The molecule has 5 heteroatoms. The van der Waals surface area contributed by atoms with E-state index in [9.17, 15) is 4.79 Å². The number of piperidine rings is 1. The van der Waals surface area contributed by atoms with E-state index in [-0.39, 0.29) is 12.0 Å². The number of carbonyl (C=O) groups excluding carboxylic acids is 1. The third-order valence-corrected chi connectivity index (χ3v) is 3.64. The number of ether oxygens (including phenoxy) is 1. The van der Waals surface area contributed by atoms with Crippen LogP contribution in [-0.2, 0) is 4.74 Å². The van der Waals surface area contributed by atoms with Gasteiger partial charge in [-0.15, -0.1) is 0 Å². The monoisotopic (exact) mass is 277 g/mol. The van der Waals surface area contributed by atoms with Crippen molar-refractivity contribution in [2.45, 2.75) is 25.9 Å². The van der Waals surface area contributed by atoms with Crippen LogP contribution in [0.5, 0.6) is 0 Å². The van der Waals surface area contributed by atoms with Gasteiger partial charge < -0.3 is 20.7 Å². The number of nitrogens with one attached hydrogen (secondary N) is 1. The molecule has 0 aromatic heterocycles. The fourth-order valence-electron chi connectivity index (χ4n) is 2.66. The number of nitrogens with zero attached hydrogens (tertiary/aromatic N) is 1. The summed E-state index contributed by atoms with van der Waals surface area (Å²) >= 11 is 0. The maximum absolute atomic E-state index is 11.6. The lowest BCUT2D eigenvalue weighted by Crippen LogP contribution is -2.40. The highest BCUT2D eigenvalue weighted by molar-refractivity contribution is 5.96. The van der Waals surface area contributed by atoms with Crippen molar-refractivity contribution in [2.24, 2.45) is 0 Å². The van der Waals surface area contributed by atoms with Gasteiger partial charge in [-0.3, -0.25) is 4.79 Å². The van der Waals surface area contributed by atoms with Crippen molar-refractivity contribution in [1.82, 2.24) is 5.32 Å². The lowest BCUT2D eigenvalue weighted by Gasteiger charge is -2.34. The molecule has 1 aromatic carbocycles. The van der Waals surface area contributed by atoms with Crippen LogP contribution < -0.4 is 16.0 Å². The smallest absolute Gasteiger partial charge is 0.251 e. The molecule has 1 amide bonds. The van der Waals surface area contributed by atoms with Crippen molar-refractivity contribution in [3.8, 4) is 0 Å². The highest BCUT2D eigenvalue weighted by Crippen LogP contribution is 2.28. The summed E-state index contributed by atoms with van der Waals surface area (Å²) < 4.78 is 5.71. The molecular weight excluding hydrogens is 254 g/mol. The van der Waals surface area contributed by atoms with Crippen molar-refractivity contribution in [3.63, 3.8) is 0 Å². The Morgan fingerprint density at radius 1 is 1.55 bits per heavy atom. The lowest BCUT2D eigenvalue weighted by atomic mass is 10.1. The number of amides is 1. The number of hydrogen-bond acceptors (Lipinski definition) is 4. The molecule has 1 fully saturated rings. The number of nitrogen functional groups attached to an aromatic ring is 1. The molecule has 1 aromatic rings. The molecule has 20 heavy (non-hydrogen) atoms. The van der Waals surface area contributed by atoms with E-state index in [1.807, 2.05) is 19.1 Å². The Labute approximate surface area is 120 Å². The van der Waals surface area contributed by atoms with Gasteiger partial charge in [-0.2, -0.15) is 0 Å². The van der Waals surface area contributed by atoms with E-state index >= 15 is 0 Å². The van der Waals surface area contributed by atoms with Crippen molar-refractivity contribution < 1.29 is 9.53 Å². The minimum absolute atomic E-state index is 0.117. The second-order valence-corrected chi connectivity index (χ2v) is 5.02. The normalized spacial score (nSPS) is 18.9. The van der Waals surface area contributed by atoms with Gasteiger partial charge in [0, 0.05) is 32.3 Å². The molecule has 1 unspecified atom stereocenters. The summed E-state index contributed by atoms with van der Waals surface area (Å²) in [5, 5.41) is 2.60. The molecule has 0 radical (unpaired) electrons. The summed E-state index contributed by atoms with van der Waals surface area (Å²) in [4.78, 5) is 13.8. The number of rotatable bonds is 4. The maximum atomic E-state index is 11.6. The number of nitrogens with two attached hydrogens (primary N) is 1. The van der Waals surface area contributed by atoms with Gasteiger partial charge in [0.05, 0.1) is 17.5 Å². The Bertz CT molecular complexity index is 474. The minimum atomic E-state index is -0.117. The fraction of sp³-hybridized carbons (Fsp3) is 0.533. The third kappa shape index (κ3) is 3.22. The molecule has 0 aliphatic carbocycles. The van der Waals surface area contributed by atoms with Gasteiger partial charge in [-0.05, 0) is 38.0 Å². The quantitative estimate of drug-likeness (QED) is 0.821. The van der Waals surface area contributed by atoms with E-state index in [2.05, 4.69) is 10.2 Å². The Morgan fingerprint density at radius 3 is 3.00 bits per heavy atom. The largest absolute Gasteiger partial charge is 0.397 e. The Kier molecular flexibility index (Phi) is 4.84. The molecule has 3 N–H and O–H groups in total.